The minimum atomic E-state index is -0.726. The van der Waals surface area contributed by atoms with Crippen LogP contribution in [0.4, 0.5) is 10.2 Å². The van der Waals surface area contributed by atoms with Crippen LogP contribution in [0.3, 0.4) is 0 Å². The fraction of sp³-hybridized carbons (Fsp3) is 0.269. The smallest absolute Gasteiger partial charge is 0.194 e. The quantitative estimate of drug-likeness (QED) is 0.443. The van der Waals surface area contributed by atoms with Gasteiger partial charge in [0.2, 0.25) is 0 Å². The lowest BCUT2D eigenvalue weighted by Crippen LogP contribution is -2.20. The van der Waals surface area contributed by atoms with E-state index in [0.717, 1.165) is 52.3 Å². The van der Waals surface area contributed by atoms with E-state index in [2.05, 4.69) is 38.2 Å². The van der Waals surface area contributed by atoms with Crippen molar-refractivity contribution in [2.45, 2.75) is 32.5 Å². The fourth-order valence-electron chi connectivity index (χ4n) is 4.98. The molecule has 0 amide bonds. The van der Waals surface area contributed by atoms with Crippen LogP contribution in [0.25, 0.3) is 22.8 Å². The van der Waals surface area contributed by atoms with Gasteiger partial charge < -0.3 is 10.7 Å². The zero-order valence-corrected chi connectivity index (χ0v) is 18.9. The van der Waals surface area contributed by atoms with E-state index >= 15 is 0 Å². The Morgan fingerprint density at radius 3 is 2.97 bits per heavy atom. The number of H-pyrrole nitrogens is 1. The number of aryl methyl sites for hydroxylation is 1. The first-order chi connectivity index (χ1) is 16.4. The standard InChI is InChI=1S/C26H25FN6O/c1-15-30-23-5-4-21(11-24(23)31-15)33-26(28)22(12-29-33)25(34)19-9-17-3-2-16(8-18(17)10-19)13-32-7-6-20(27)14-32/h2-5,8,10-12,20H,6-7,9,13-14,28H2,1H3,(H,30,31). The molecule has 7 nitrogen and oxygen atoms in total. The average molecular weight is 457 g/mol. The summed E-state index contributed by atoms with van der Waals surface area (Å²) >= 11 is 0. The molecular formula is C26H25FN6O. The number of aromatic nitrogens is 4. The molecule has 0 radical (unpaired) electrons. The maximum atomic E-state index is 13.5. The Labute approximate surface area is 196 Å². The van der Waals surface area contributed by atoms with E-state index in [-0.39, 0.29) is 5.78 Å². The van der Waals surface area contributed by atoms with Crippen LogP contribution in [-0.2, 0) is 13.0 Å². The molecule has 1 saturated heterocycles. The van der Waals surface area contributed by atoms with E-state index in [0.29, 0.717) is 36.3 Å². The molecule has 2 aliphatic rings. The highest BCUT2D eigenvalue weighted by atomic mass is 19.1. The Kier molecular flexibility index (Phi) is 4.84. The van der Waals surface area contributed by atoms with Crippen molar-refractivity contribution in [3.05, 3.63) is 76.2 Å². The van der Waals surface area contributed by atoms with Gasteiger partial charge in [0.25, 0.3) is 0 Å². The number of fused-ring (bicyclic) bond motifs is 2. The monoisotopic (exact) mass is 456 g/mol. The lowest BCUT2D eigenvalue weighted by Gasteiger charge is -2.15. The molecule has 34 heavy (non-hydrogen) atoms. The van der Waals surface area contributed by atoms with Crippen LogP contribution in [-0.4, -0.2) is 49.7 Å². The molecular weight excluding hydrogens is 431 g/mol. The summed E-state index contributed by atoms with van der Waals surface area (Å²) in [4.78, 5) is 23.1. The van der Waals surface area contributed by atoms with Crippen LogP contribution in [0.15, 0.2) is 48.2 Å². The van der Waals surface area contributed by atoms with Crippen molar-refractivity contribution >= 4 is 28.7 Å². The summed E-state index contributed by atoms with van der Waals surface area (Å²) in [5.41, 5.74) is 13.3. The van der Waals surface area contributed by atoms with Gasteiger partial charge in [-0.05, 0) is 54.3 Å². The number of imidazole rings is 1. The third-order valence-electron chi connectivity index (χ3n) is 6.71. The van der Waals surface area contributed by atoms with E-state index in [1.165, 1.54) is 6.20 Å². The van der Waals surface area contributed by atoms with Gasteiger partial charge in [0.1, 0.15) is 17.8 Å². The SMILES string of the molecule is Cc1nc2ccc(-n3ncc(C(=O)C4=Cc5cc(CN6CCC(F)C6)ccc5C4)c3N)cc2[nH]1. The third kappa shape index (κ3) is 3.60. The van der Waals surface area contributed by atoms with Gasteiger partial charge in [-0.1, -0.05) is 18.2 Å². The van der Waals surface area contributed by atoms with E-state index in [1.54, 1.807) is 4.68 Å². The van der Waals surface area contributed by atoms with Crippen LogP contribution in [0.1, 0.15) is 39.3 Å². The Hall–Kier alpha value is -3.78. The van der Waals surface area contributed by atoms with Gasteiger partial charge in [-0.2, -0.15) is 5.10 Å². The van der Waals surface area contributed by atoms with Gasteiger partial charge in [0.15, 0.2) is 5.78 Å². The number of rotatable bonds is 5. The number of carbonyl (C=O) groups excluding carboxylic acids is 1. The number of carbonyl (C=O) groups is 1. The van der Waals surface area contributed by atoms with Gasteiger partial charge in [-0.15, -0.1) is 0 Å². The van der Waals surface area contributed by atoms with Gasteiger partial charge in [-0.25, -0.2) is 14.1 Å². The van der Waals surface area contributed by atoms with E-state index < -0.39 is 6.17 Å². The first kappa shape index (κ1) is 20.8. The van der Waals surface area contributed by atoms with Crippen LogP contribution in [0, 0.1) is 6.92 Å². The number of benzene rings is 2. The van der Waals surface area contributed by atoms with E-state index in [4.69, 9.17) is 5.73 Å². The molecule has 1 aliphatic heterocycles. The second kappa shape index (κ2) is 7.92. The average Bonchev–Trinajstić information content (AvgIpc) is 3.58. The number of nitrogens with zero attached hydrogens (tertiary/aromatic N) is 4. The maximum absolute atomic E-state index is 13.5. The third-order valence-corrected chi connectivity index (χ3v) is 6.71. The molecule has 1 fully saturated rings. The molecule has 1 aliphatic carbocycles. The van der Waals surface area contributed by atoms with E-state index in [9.17, 15) is 9.18 Å². The number of anilines is 1. The molecule has 3 heterocycles. The number of nitrogens with two attached hydrogens (primary N) is 1. The molecule has 0 bridgehead atoms. The molecule has 0 saturated carbocycles. The van der Waals surface area contributed by atoms with Crippen LogP contribution in [0.2, 0.25) is 0 Å². The summed E-state index contributed by atoms with van der Waals surface area (Å²) in [5, 5.41) is 4.39. The number of ketones is 1. The molecule has 4 aromatic rings. The number of allylic oxidation sites excluding steroid dienone is 1. The Balaban J connectivity index is 1.24. The summed E-state index contributed by atoms with van der Waals surface area (Å²) < 4.78 is 15.1. The molecule has 2 aromatic carbocycles. The van der Waals surface area contributed by atoms with Gasteiger partial charge in [-0.3, -0.25) is 9.69 Å². The largest absolute Gasteiger partial charge is 0.383 e. The first-order valence-corrected chi connectivity index (χ1v) is 11.5. The normalized spacial score (nSPS) is 17.9. The fourth-order valence-corrected chi connectivity index (χ4v) is 4.98. The summed E-state index contributed by atoms with van der Waals surface area (Å²) in [6, 6.07) is 12.0. The zero-order valence-electron chi connectivity index (χ0n) is 18.9. The summed E-state index contributed by atoms with van der Waals surface area (Å²) in [5.74, 6) is 1.03. The highest BCUT2D eigenvalue weighted by Crippen LogP contribution is 2.31. The number of nitrogens with one attached hydrogen (secondary N) is 1. The number of hydrogen-bond acceptors (Lipinski definition) is 5. The van der Waals surface area contributed by atoms with Gasteiger partial charge in [0, 0.05) is 31.6 Å². The van der Waals surface area contributed by atoms with Crippen molar-refractivity contribution < 1.29 is 9.18 Å². The first-order valence-electron chi connectivity index (χ1n) is 11.5. The maximum Gasteiger partial charge on any atom is 0.194 e. The lowest BCUT2D eigenvalue weighted by atomic mass is 10.0. The molecule has 6 rings (SSSR count). The molecule has 1 unspecified atom stereocenters. The molecule has 172 valence electrons. The van der Waals surface area contributed by atoms with Crippen LogP contribution < -0.4 is 5.73 Å². The summed E-state index contributed by atoms with van der Waals surface area (Å²) in [6.45, 7) is 3.91. The number of Topliss-reactive ketones (excluding diaryl/α,β-unsaturated/α-hetero) is 1. The predicted octanol–water partition coefficient (Wildman–Crippen LogP) is 4.01. The Morgan fingerprint density at radius 1 is 1.26 bits per heavy atom. The van der Waals surface area contributed by atoms with Crippen LogP contribution in [0.5, 0.6) is 0 Å². The number of hydrogen-bond donors (Lipinski definition) is 2. The molecule has 3 N–H and O–H groups in total. The van der Waals surface area contributed by atoms with Gasteiger partial charge >= 0.3 is 0 Å². The van der Waals surface area contributed by atoms with Crippen molar-refractivity contribution in [3.63, 3.8) is 0 Å². The number of likely N-dealkylation sites (tertiary alicyclic amines) is 1. The van der Waals surface area contributed by atoms with Crippen molar-refractivity contribution in [3.8, 4) is 5.69 Å². The van der Waals surface area contributed by atoms with E-state index in [1.807, 2.05) is 31.2 Å². The Bertz CT molecular complexity index is 1470. The highest BCUT2D eigenvalue weighted by Gasteiger charge is 2.25. The highest BCUT2D eigenvalue weighted by molar-refractivity contribution is 6.15. The summed E-state index contributed by atoms with van der Waals surface area (Å²) in [6.07, 6.45) is 3.92. The number of aromatic amines is 1. The minimum Gasteiger partial charge on any atom is -0.383 e. The molecule has 8 heteroatoms. The van der Waals surface area contributed by atoms with Crippen molar-refractivity contribution in [1.82, 2.24) is 24.6 Å². The van der Waals surface area contributed by atoms with Crippen molar-refractivity contribution in [2.24, 2.45) is 0 Å². The molecule has 0 spiro atoms. The zero-order chi connectivity index (χ0) is 23.4. The number of alkyl halides is 1. The summed E-state index contributed by atoms with van der Waals surface area (Å²) in [7, 11) is 0. The second-order valence-corrected chi connectivity index (χ2v) is 9.21. The predicted molar refractivity (Wildman–Crippen MR) is 130 cm³/mol. The topological polar surface area (TPSA) is 92.8 Å². The minimum absolute atomic E-state index is 0.111. The second-order valence-electron chi connectivity index (χ2n) is 9.21. The lowest BCUT2D eigenvalue weighted by molar-refractivity contribution is 0.103. The number of halogens is 1. The van der Waals surface area contributed by atoms with Crippen molar-refractivity contribution in [2.75, 3.05) is 18.8 Å². The molecule has 1 atom stereocenters. The van der Waals surface area contributed by atoms with Gasteiger partial charge in [0.05, 0.1) is 28.5 Å². The van der Waals surface area contributed by atoms with Crippen molar-refractivity contribution in [1.29, 1.82) is 0 Å². The number of nitrogen functional groups attached to an aromatic ring is 1. The van der Waals surface area contributed by atoms with Crippen LogP contribution >= 0.6 is 0 Å². The Morgan fingerprint density at radius 2 is 2.15 bits per heavy atom. The molecule has 2 aromatic heterocycles.